The number of aromatic hydroxyl groups is 1. The maximum Gasteiger partial charge on any atom is 0.201 e. The third-order valence-electron chi connectivity index (χ3n) is 3.67. The predicted molar refractivity (Wildman–Crippen MR) is 74.5 cm³/mol. The molecule has 6 nitrogen and oxygen atoms in total. The monoisotopic (exact) mass is 343 g/mol. The molecule has 0 bridgehead atoms. The van der Waals surface area contributed by atoms with Crippen LogP contribution in [0.25, 0.3) is 10.9 Å². The number of aromatic nitrogens is 1. The second-order valence-electron chi connectivity index (χ2n) is 4.83. The number of hydrogen-bond acceptors (Lipinski definition) is 5. The third kappa shape index (κ3) is 1.78. The van der Waals surface area contributed by atoms with Gasteiger partial charge < -0.3 is 29.7 Å². The fraction of sp³-hybridized carbons (Fsp3) is 0.385. The van der Waals surface area contributed by atoms with Crippen molar-refractivity contribution >= 4 is 26.8 Å². The van der Waals surface area contributed by atoms with E-state index in [2.05, 4.69) is 15.9 Å². The first-order chi connectivity index (χ1) is 9.46. The van der Waals surface area contributed by atoms with Gasteiger partial charge in [-0.2, -0.15) is 0 Å². The van der Waals surface area contributed by atoms with E-state index in [1.54, 1.807) is 24.3 Å². The summed E-state index contributed by atoms with van der Waals surface area (Å²) in [6.07, 6.45) is -0.965. The zero-order valence-corrected chi connectivity index (χ0v) is 11.9. The average molecular weight is 344 g/mol. The van der Waals surface area contributed by atoms with E-state index >= 15 is 0 Å². The van der Waals surface area contributed by atoms with Crippen LogP contribution < -0.4 is 0 Å². The van der Waals surface area contributed by atoms with Gasteiger partial charge in [0.25, 0.3) is 0 Å². The summed E-state index contributed by atoms with van der Waals surface area (Å²) >= 11 is 2.96. The first-order valence-corrected chi connectivity index (χ1v) is 7.01. The zero-order valence-electron chi connectivity index (χ0n) is 10.3. The fourth-order valence-electron chi connectivity index (χ4n) is 2.67. The normalized spacial score (nSPS) is 31.8. The molecule has 0 saturated carbocycles. The van der Waals surface area contributed by atoms with Crippen molar-refractivity contribution in [1.29, 1.82) is 0 Å². The largest absolute Gasteiger partial charge is 0.506 e. The number of aliphatic hydroxyl groups is 3. The van der Waals surface area contributed by atoms with Crippen molar-refractivity contribution in [3.63, 3.8) is 0 Å². The van der Waals surface area contributed by atoms with Crippen LogP contribution in [-0.4, -0.2) is 48.8 Å². The van der Waals surface area contributed by atoms with Crippen LogP contribution in [0.3, 0.4) is 0 Å². The minimum absolute atomic E-state index is 0.0177. The summed E-state index contributed by atoms with van der Waals surface area (Å²) in [4.78, 5) is 0. The van der Waals surface area contributed by atoms with Crippen LogP contribution >= 0.6 is 15.9 Å². The molecule has 20 heavy (non-hydrogen) atoms. The smallest absolute Gasteiger partial charge is 0.201 e. The fourth-order valence-corrected chi connectivity index (χ4v) is 3.21. The Morgan fingerprint density at radius 1 is 1.40 bits per heavy atom. The first kappa shape index (κ1) is 13.8. The van der Waals surface area contributed by atoms with Gasteiger partial charge >= 0.3 is 0 Å². The standard InChI is InChI=1S/C13H14BrNO5/c14-12(18)11-13(19,10(17)6-20-11)15-5-9(16)7-3-1-2-4-8(7)15/h1-5,10-12,16-19H,6H2/t10-,11+,12?,13-/m0/s1. The average Bonchev–Trinajstić information content (AvgIpc) is 2.91. The summed E-state index contributed by atoms with van der Waals surface area (Å²) in [7, 11) is 0. The number of fused-ring (bicyclic) bond motifs is 1. The van der Waals surface area contributed by atoms with Gasteiger partial charge in [-0.15, -0.1) is 0 Å². The van der Waals surface area contributed by atoms with Crippen LogP contribution in [-0.2, 0) is 10.5 Å². The van der Waals surface area contributed by atoms with Crippen LogP contribution in [0.1, 0.15) is 0 Å². The van der Waals surface area contributed by atoms with Crippen molar-refractivity contribution in [3.8, 4) is 5.75 Å². The molecule has 1 saturated heterocycles. The summed E-state index contributed by atoms with van der Waals surface area (Å²) in [5.74, 6) is -0.0177. The van der Waals surface area contributed by atoms with Gasteiger partial charge in [0, 0.05) is 11.6 Å². The van der Waals surface area contributed by atoms with Gasteiger partial charge in [0.2, 0.25) is 5.72 Å². The Morgan fingerprint density at radius 2 is 2.10 bits per heavy atom. The molecule has 2 heterocycles. The first-order valence-electron chi connectivity index (χ1n) is 6.10. The van der Waals surface area contributed by atoms with E-state index in [9.17, 15) is 20.4 Å². The number of rotatable bonds is 2. The van der Waals surface area contributed by atoms with E-state index in [1.807, 2.05) is 0 Å². The molecule has 4 N–H and O–H groups in total. The number of halogens is 1. The van der Waals surface area contributed by atoms with Gasteiger partial charge in [-0.3, -0.25) is 0 Å². The molecule has 1 aliphatic rings. The molecule has 1 fully saturated rings. The summed E-state index contributed by atoms with van der Waals surface area (Å²) in [5.41, 5.74) is -1.33. The van der Waals surface area contributed by atoms with Crippen molar-refractivity contribution in [2.75, 3.05) is 6.61 Å². The van der Waals surface area contributed by atoms with E-state index < -0.39 is 22.9 Å². The highest BCUT2D eigenvalue weighted by Gasteiger charge is 2.54. The van der Waals surface area contributed by atoms with Crippen LogP contribution in [0, 0.1) is 0 Å². The molecule has 0 radical (unpaired) electrons. The number of alkyl halides is 1. The molecule has 1 aliphatic heterocycles. The molecule has 108 valence electrons. The molecule has 0 aliphatic carbocycles. The SMILES string of the molecule is Oc1cn([C@@]2(O)[C@@H](C(O)Br)OC[C@@H]2O)c2ccccc12. The molecule has 7 heteroatoms. The predicted octanol–water partition coefficient (Wildman–Crippen LogP) is 0.465. The maximum atomic E-state index is 10.9. The lowest BCUT2D eigenvalue weighted by Crippen LogP contribution is -2.52. The summed E-state index contributed by atoms with van der Waals surface area (Å²) in [6.45, 7) is -0.114. The van der Waals surface area contributed by atoms with Crippen molar-refractivity contribution in [2.24, 2.45) is 0 Å². The van der Waals surface area contributed by atoms with Crippen LogP contribution in [0.4, 0.5) is 0 Å². The molecule has 1 unspecified atom stereocenters. The van der Waals surface area contributed by atoms with Gasteiger partial charge in [0.1, 0.15) is 23.0 Å². The number of ether oxygens (including phenoxy) is 1. The van der Waals surface area contributed by atoms with Crippen molar-refractivity contribution in [2.45, 2.75) is 22.9 Å². The number of hydrogen-bond donors (Lipinski definition) is 4. The molecule has 4 atom stereocenters. The summed E-state index contributed by atoms with van der Waals surface area (Å²) < 4.78 is 6.59. The van der Waals surface area contributed by atoms with Crippen molar-refractivity contribution in [1.82, 2.24) is 4.57 Å². The lowest BCUT2D eigenvalue weighted by atomic mass is 10.0. The number of nitrogens with zero attached hydrogens (tertiary/aromatic N) is 1. The Kier molecular flexibility index (Phi) is 3.26. The molecule has 3 rings (SSSR count). The topological polar surface area (TPSA) is 95.1 Å². The highest BCUT2D eigenvalue weighted by molar-refractivity contribution is 9.09. The highest BCUT2D eigenvalue weighted by Crippen LogP contribution is 2.40. The molecular weight excluding hydrogens is 330 g/mol. The number of benzene rings is 1. The number of para-hydroxylation sites is 1. The molecule has 0 amide bonds. The minimum atomic E-state index is -1.87. The van der Waals surface area contributed by atoms with Crippen LogP contribution in [0.15, 0.2) is 30.5 Å². The molecular formula is C13H14BrNO5. The van der Waals surface area contributed by atoms with E-state index in [1.165, 1.54) is 10.8 Å². The molecule has 2 aromatic rings. The van der Waals surface area contributed by atoms with Crippen LogP contribution in [0.5, 0.6) is 5.75 Å². The van der Waals surface area contributed by atoms with E-state index in [0.29, 0.717) is 10.9 Å². The van der Waals surface area contributed by atoms with Gasteiger partial charge in [-0.1, -0.05) is 28.1 Å². The Bertz CT molecular complexity index is 643. The number of aliphatic hydroxyl groups excluding tert-OH is 2. The Labute approximate surface area is 123 Å². The lowest BCUT2D eigenvalue weighted by Gasteiger charge is -2.33. The molecule has 0 spiro atoms. The van der Waals surface area contributed by atoms with Gasteiger partial charge in [0.05, 0.1) is 12.1 Å². The Morgan fingerprint density at radius 3 is 2.80 bits per heavy atom. The third-order valence-corrected chi connectivity index (χ3v) is 4.15. The second-order valence-corrected chi connectivity index (χ2v) is 5.77. The molecule has 1 aromatic carbocycles. The van der Waals surface area contributed by atoms with Gasteiger partial charge in [-0.25, -0.2) is 0 Å². The Balaban J connectivity index is 2.22. The van der Waals surface area contributed by atoms with E-state index in [0.717, 1.165) is 0 Å². The summed E-state index contributed by atoms with van der Waals surface area (Å²) in [6, 6.07) is 6.92. The highest BCUT2D eigenvalue weighted by atomic mass is 79.9. The minimum Gasteiger partial charge on any atom is -0.506 e. The van der Waals surface area contributed by atoms with Crippen LogP contribution in [0.2, 0.25) is 0 Å². The Hall–Kier alpha value is -1.12. The zero-order chi connectivity index (χ0) is 14.5. The van der Waals surface area contributed by atoms with Crippen molar-refractivity contribution in [3.05, 3.63) is 30.5 Å². The van der Waals surface area contributed by atoms with E-state index in [-0.39, 0.29) is 12.4 Å². The van der Waals surface area contributed by atoms with Gasteiger partial charge in [0.15, 0.2) is 0 Å². The summed E-state index contributed by atoms with van der Waals surface area (Å²) in [5, 5.41) is 40.0. The van der Waals surface area contributed by atoms with Crippen molar-refractivity contribution < 1.29 is 25.2 Å². The molecule has 1 aromatic heterocycles. The lowest BCUT2D eigenvalue weighted by molar-refractivity contribution is -0.152. The second kappa shape index (κ2) is 4.71. The van der Waals surface area contributed by atoms with E-state index in [4.69, 9.17) is 4.74 Å². The quantitative estimate of drug-likeness (QED) is 0.594. The maximum absolute atomic E-state index is 10.9. The van der Waals surface area contributed by atoms with Gasteiger partial charge in [-0.05, 0) is 12.1 Å².